The summed E-state index contributed by atoms with van der Waals surface area (Å²) in [5.41, 5.74) is 3.21. The van der Waals surface area contributed by atoms with Crippen LogP contribution in [0.1, 0.15) is 16.8 Å². The zero-order chi connectivity index (χ0) is 22.0. The van der Waals surface area contributed by atoms with Crippen LogP contribution in [0, 0.1) is 15.9 Å². The van der Waals surface area contributed by atoms with Crippen molar-refractivity contribution in [1.82, 2.24) is 14.9 Å². The Morgan fingerprint density at radius 1 is 1.23 bits per heavy atom. The highest BCUT2D eigenvalue weighted by atomic mass is 19.1. The summed E-state index contributed by atoms with van der Waals surface area (Å²) in [6.45, 7) is 1.03. The molecule has 0 aliphatic carbocycles. The number of nitrogens with zero attached hydrogens (tertiary/aromatic N) is 4. The zero-order valence-corrected chi connectivity index (χ0v) is 16.5. The number of hydrogen-bond donors (Lipinski definition) is 1. The van der Waals surface area contributed by atoms with Gasteiger partial charge in [-0.05, 0) is 47.5 Å². The summed E-state index contributed by atoms with van der Waals surface area (Å²) >= 11 is 0. The van der Waals surface area contributed by atoms with Gasteiger partial charge in [0.05, 0.1) is 22.9 Å². The van der Waals surface area contributed by atoms with E-state index in [1.54, 1.807) is 13.3 Å². The van der Waals surface area contributed by atoms with Crippen molar-refractivity contribution in [3.8, 4) is 11.3 Å². The Bertz CT molecular complexity index is 1150. The second kappa shape index (κ2) is 8.44. The van der Waals surface area contributed by atoms with E-state index in [0.717, 1.165) is 16.8 Å². The second-order valence-corrected chi connectivity index (χ2v) is 6.99. The SMILES string of the molecule is COCc1cc2c(cn1)CN(C(=O)Nc1nc(-c3ccc(F)cc3)ccc1[N+](=O)[O-])C2. The number of urea groups is 1. The summed E-state index contributed by atoms with van der Waals surface area (Å²) in [6, 6.07) is 9.64. The number of aromatic nitrogens is 2. The normalized spacial score (nSPS) is 12.5. The third-order valence-electron chi connectivity index (χ3n) is 4.88. The molecule has 1 aromatic carbocycles. The fraction of sp³-hybridized carbons (Fsp3) is 0.190. The number of ether oxygens (including phenoxy) is 1. The summed E-state index contributed by atoms with van der Waals surface area (Å²) in [5, 5.41) is 14.0. The maximum atomic E-state index is 13.2. The first-order valence-corrected chi connectivity index (χ1v) is 9.37. The summed E-state index contributed by atoms with van der Waals surface area (Å²) in [5.74, 6) is -0.582. The number of methoxy groups -OCH3 is 1. The predicted molar refractivity (Wildman–Crippen MR) is 110 cm³/mol. The molecule has 2 amide bonds. The number of rotatable bonds is 5. The molecular formula is C21H18FN5O4. The zero-order valence-electron chi connectivity index (χ0n) is 16.5. The van der Waals surface area contributed by atoms with E-state index in [9.17, 15) is 19.3 Å². The number of nitro groups is 1. The lowest BCUT2D eigenvalue weighted by Gasteiger charge is -2.16. The average Bonchev–Trinajstić information content (AvgIpc) is 3.18. The first-order valence-electron chi connectivity index (χ1n) is 9.37. The van der Waals surface area contributed by atoms with Crippen LogP contribution in [0.5, 0.6) is 0 Å². The number of benzene rings is 1. The largest absolute Gasteiger partial charge is 0.378 e. The molecule has 3 aromatic rings. The highest BCUT2D eigenvalue weighted by Gasteiger charge is 2.27. The van der Waals surface area contributed by atoms with Gasteiger partial charge in [0.2, 0.25) is 5.82 Å². The lowest BCUT2D eigenvalue weighted by Crippen LogP contribution is -2.30. The number of pyridine rings is 2. The Morgan fingerprint density at radius 3 is 2.68 bits per heavy atom. The molecule has 1 N–H and O–H groups in total. The summed E-state index contributed by atoms with van der Waals surface area (Å²) in [7, 11) is 1.58. The number of amides is 2. The number of anilines is 1. The van der Waals surface area contributed by atoms with Crippen molar-refractivity contribution in [2.24, 2.45) is 0 Å². The molecule has 0 spiro atoms. The molecule has 0 atom stereocenters. The molecule has 0 unspecified atom stereocenters. The monoisotopic (exact) mass is 423 g/mol. The minimum atomic E-state index is -0.614. The van der Waals surface area contributed by atoms with Crippen LogP contribution in [0.15, 0.2) is 48.7 Å². The van der Waals surface area contributed by atoms with Gasteiger partial charge in [-0.1, -0.05) is 0 Å². The Hall–Kier alpha value is -3.92. The maximum absolute atomic E-state index is 13.2. The summed E-state index contributed by atoms with van der Waals surface area (Å²) < 4.78 is 18.3. The van der Waals surface area contributed by atoms with Crippen molar-refractivity contribution >= 4 is 17.5 Å². The first-order chi connectivity index (χ1) is 14.9. The van der Waals surface area contributed by atoms with Gasteiger partial charge in [-0.25, -0.2) is 14.2 Å². The van der Waals surface area contributed by atoms with Gasteiger partial charge in [0.1, 0.15) is 5.82 Å². The highest BCUT2D eigenvalue weighted by Crippen LogP contribution is 2.29. The fourth-order valence-corrected chi connectivity index (χ4v) is 3.35. The summed E-state index contributed by atoms with van der Waals surface area (Å²) in [6.07, 6.45) is 1.70. The molecule has 0 fully saturated rings. The molecule has 10 heteroatoms. The van der Waals surface area contributed by atoms with Gasteiger partial charge >= 0.3 is 11.7 Å². The Morgan fingerprint density at radius 2 is 1.97 bits per heavy atom. The van der Waals surface area contributed by atoms with Crippen LogP contribution in [0.25, 0.3) is 11.3 Å². The van der Waals surface area contributed by atoms with Crippen LogP contribution in [0.4, 0.5) is 20.7 Å². The topological polar surface area (TPSA) is 110 Å². The molecule has 1 aliphatic rings. The lowest BCUT2D eigenvalue weighted by atomic mass is 10.1. The van der Waals surface area contributed by atoms with Gasteiger partial charge in [-0.3, -0.25) is 20.4 Å². The van der Waals surface area contributed by atoms with E-state index in [4.69, 9.17) is 4.74 Å². The van der Waals surface area contributed by atoms with E-state index in [1.807, 2.05) is 6.07 Å². The van der Waals surface area contributed by atoms with Crippen molar-refractivity contribution in [3.63, 3.8) is 0 Å². The van der Waals surface area contributed by atoms with Gasteiger partial charge < -0.3 is 9.64 Å². The third-order valence-corrected chi connectivity index (χ3v) is 4.88. The Labute approximate surface area is 176 Å². The molecule has 3 heterocycles. The number of halogens is 1. The average molecular weight is 423 g/mol. The molecule has 0 radical (unpaired) electrons. The van der Waals surface area contributed by atoms with E-state index in [1.165, 1.54) is 41.3 Å². The number of carbonyl (C=O) groups excluding carboxylic acids is 1. The quantitative estimate of drug-likeness (QED) is 0.492. The molecule has 0 saturated heterocycles. The van der Waals surface area contributed by atoms with Gasteiger partial charge in [-0.2, -0.15) is 0 Å². The molecule has 1 aliphatic heterocycles. The standard InChI is InChI=1S/C21H18FN5O4/c1-31-12-17-8-14-10-26(11-15(14)9-23-17)21(28)25-20-19(27(29)30)7-6-18(24-20)13-2-4-16(22)5-3-13/h2-9H,10-12H2,1H3,(H,24,25,28). The molecule has 2 aromatic heterocycles. The molecule has 0 bridgehead atoms. The van der Waals surface area contributed by atoms with Crippen LogP contribution < -0.4 is 5.32 Å². The smallest absolute Gasteiger partial charge is 0.323 e. The van der Waals surface area contributed by atoms with E-state index < -0.39 is 16.8 Å². The van der Waals surface area contributed by atoms with Crippen LogP contribution in [-0.4, -0.2) is 32.9 Å². The third kappa shape index (κ3) is 4.33. The van der Waals surface area contributed by atoms with Gasteiger partial charge in [0.25, 0.3) is 0 Å². The van der Waals surface area contributed by atoms with E-state index >= 15 is 0 Å². The molecule has 31 heavy (non-hydrogen) atoms. The predicted octanol–water partition coefficient (Wildman–Crippen LogP) is 3.89. The Kier molecular flexibility index (Phi) is 5.54. The fourth-order valence-electron chi connectivity index (χ4n) is 3.35. The van der Waals surface area contributed by atoms with Gasteiger partial charge in [0, 0.05) is 38.0 Å². The highest BCUT2D eigenvalue weighted by molar-refractivity contribution is 5.91. The minimum Gasteiger partial charge on any atom is -0.378 e. The second-order valence-electron chi connectivity index (χ2n) is 6.99. The van der Waals surface area contributed by atoms with Crippen molar-refractivity contribution < 1.29 is 18.8 Å². The van der Waals surface area contributed by atoms with Crippen molar-refractivity contribution in [2.75, 3.05) is 12.4 Å². The van der Waals surface area contributed by atoms with E-state index in [2.05, 4.69) is 15.3 Å². The maximum Gasteiger partial charge on any atom is 0.323 e. The van der Waals surface area contributed by atoms with Gasteiger partial charge in [0.15, 0.2) is 0 Å². The summed E-state index contributed by atoms with van der Waals surface area (Å²) in [4.78, 5) is 33.7. The van der Waals surface area contributed by atoms with Crippen LogP contribution >= 0.6 is 0 Å². The van der Waals surface area contributed by atoms with Crippen molar-refractivity contribution in [2.45, 2.75) is 19.7 Å². The van der Waals surface area contributed by atoms with Crippen LogP contribution in [0.3, 0.4) is 0 Å². The minimum absolute atomic E-state index is 0.175. The number of fused-ring (bicyclic) bond motifs is 1. The Balaban J connectivity index is 1.56. The van der Waals surface area contributed by atoms with Crippen LogP contribution in [-0.2, 0) is 24.4 Å². The number of hydrogen-bond acceptors (Lipinski definition) is 6. The van der Waals surface area contributed by atoms with Crippen molar-refractivity contribution in [1.29, 1.82) is 0 Å². The number of nitrogens with one attached hydrogen (secondary N) is 1. The van der Waals surface area contributed by atoms with E-state index in [0.29, 0.717) is 31.0 Å². The number of carbonyl (C=O) groups is 1. The lowest BCUT2D eigenvalue weighted by molar-refractivity contribution is -0.384. The van der Waals surface area contributed by atoms with Gasteiger partial charge in [-0.15, -0.1) is 0 Å². The molecule has 158 valence electrons. The molecule has 4 rings (SSSR count). The van der Waals surface area contributed by atoms with Crippen LogP contribution in [0.2, 0.25) is 0 Å². The molecule has 0 saturated carbocycles. The van der Waals surface area contributed by atoms with Crippen molar-refractivity contribution in [3.05, 3.63) is 81.4 Å². The molecule has 9 nitrogen and oxygen atoms in total. The van der Waals surface area contributed by atoms with E-state index in [-0.39, 0.29) is 11.5 Å². The first kappa shape index (κ1) is 20.4. The molecular weight excluding hydrogens is 405 g/mol.